The number of hydrogen-bond acceptors (Lipinski definition) is 4. The van der Waals surface area contributed by atoms with E-state index in [9.17, 15) is 4.79 Å². The molecule has 3 rings (SSSR count). The Morgan fingerprint density at radius 3 is 2.95 bits per heavy atom. The molecule has 0 saturated carbocycles. The van der Waals surface area contributed by atoms with Crippen LogP contribution < -0.4 is 0 Å². The van der Waals surface area contributed by atoms with E-state index in [1.165, 1.54) is 0 Å². The van der Waals surface area contributed by atoms with Crippen LogP contribution in [0.3, 0.4) is 0 Å². The summed E-state index contributed by atoms with van der Waals surface area (Å²) in [5.74, 6) is 2.08. The number of nitrogens with zero attached hydrogens (tertiary/aromatic N) is 2. The standard InChI is InChI=1S/C17H26N2O3/c1-13-5-6-14(22-13)10-19-8-4-7-17(11-19)9-15(21-12-17)16(20)18(2)3/h5-6,15H,4,7-12H2,1-3H3. The van der Waals surface area contributed by atoms with Gasteiger partial charge in [0.1, 0.15) is 17.6 Å². The summed E-state index contributed by atoms with van der Waals surface area (Å²) in [4.78, 5) is 16.2. The van der Waals surface area contributed by atoms with Gasteiger partial charge in [0.15, 0.2) is 0 Å². The lowest BCUT2D eigenvalue weighted by Crippen LogP contribution is -2.43. The number of rotatable bonds is 3. The number of furan rings is 1. The lowest BCUT2D eigenvalue weighted by atomic mass is 9.78. The van der Waals surface area contributed by atoms with Gasteiger partial charge in [-0.3, -0.25) is 9.69 Å². The van der Waals surface area contributed by atoms with Crippen LogP contribution in [0.25, 0.3) is 0 Å². The maximum absolute atomic E-state index is 12.1. The van der Waals surface area contributed by atoms with Gasteiger partial charge in [0.05, 0.1) is 13.2 Å². The third-order valence-electron chi connectivity index (χ3n) is 4.84. The first-order valence-corrected chi connectivity index (χ1v) is 8.08. The summed E-state index contributed by atoms with van der Waals surface area (Å²) in [6, 6.07) is 4.07. The van der Waals surface area contributed by atoms with Crippen LogP contribution in [-0.2, 0) is 16.1 Å². The fourth-order valence-corrected chi connectivity index (χ4v) is 3.76. The Morgan fingerprint density at radius 2 is 2.27 bits per heavy atom. The van der Waals surface area contributed by atoms with Crippen molar-refractivity contribution < 1.29 is 13.9 Å². The molecule has 2 aliphatic heterocycles. The zero-order valence-corrected chi connectivity index (χ0v) is 13.8. The number of likely N-dealkylation sites (N-methyl/N-ethyl adjacent to an activating group) is 1. The zero-order chi connectivity index (χ0) is 15.7. The van der Waals surface area contributed by atoms with Gasteiger partial charge in [-0.05, 0) is 44.9 Å². The molecule has 122 valence electrons. The quantitative estimate of drug-likeness (QED) is 0.857. The minimum atomic E-state index is -0.263. The van der Waals surface area contributed by atoms with Crippen molar-refractivity contribution in [2.24, 2.45) is 5.41 Å². The largest absolute Gasteiger partial charge is 0.465 e. The van der Waals surface area contributed by atoms with Crippen LogP contribution in [-0.4, -0.2) is 55.6 Å². The van der Waals surface area contributed by atoms with Crippen molar-refractivity contribution >= 4 is 5.91 Å². The van der Waals surface area contributed by atoms with E-state index >= 15 is 0 Å². The molecular formula is C17H26N2O3. The zero-order valence-electron chi connectivity index (χ0n) is 13.8. The maximum atomic E-state index is 12.1. The third-order valence-corrected chi connectivity index (χ3v) is 4.84. The lowest BCUT2D eigenvalue weighted by Gasteiger charge is -2.39. The van der Waals surface area contributed by atoms with Crippen molar-refractivity contribution in [3.63, 3.8) is 0 Å². The molecule has 1 aromatic heterocycles. The summed E-state index contributed by atoms with van der Waals surface area (Å²) < 4.78 is 11.5. The molecule has 22 heavy (non-hydrogen) atoms. The molecule has 0 aromatic carbocycles. The van der Waals surface area contributed by atoms with Crippen molar-refractivity contribution in [1.29, 1.82) is 0 Å². The number of piperidine rings is 1. The number of likely N-dealkylation sites (tertiary alicyclic amines) is 1. The second-order valence-electron chi connectivity index (χ2n) is 7.06. The van der Waals surface area contributed by atoms with Gasteiger partial charge in [-0.1, -0.05) is 0 Å². The van der Waals surface area contributed by atoms with Crippen LogP contribution >= 0.6 is 0 Å². The van der Waals surface area contributed by atoms with Gasteiger partial charge in [-0.2, -0.15) is 0 Å². The van der Waals surface area contributed by atoms with E-state index in [1.54, 1.807) is 19.0 Å². The van der Waals surface area contributed by atoms with Crippen molar-refractivity contribution in [2.75, 3.05) is 33.8 Å². The molecule has 1 amide bonds. The number of amides is 1. The molecule has 0 radical (unpaired) electrons. The lowest BCUT2D eigenvalue weighted by molar-refractivity contribution is -0.138. The summed E-state index contributed by atoms with van der Waals surface area (Å²) in [6.45, 7) is 5.61. The first kappa shape index (κ1) is 15.6. The first-order chi connectivity index (χ1) is 10.5. The summed E-state index contributed by atoms with van der Waals surface area (Å²) in [5.41, 5.74) is 0.135. The van der Waals surface area contributed by atoms with Crippen molar-refractivity contribution in [2.45, 2.75) is 38.8 Å². The SMILES string of the molecule is Cc1ccc(CN2CCCC3(COC(C(=O)N(C)C)C3)C2)o1. The number of ether oxygens (including phenoxy) is 1. The molecule has 0 N–H and O–H groups in total. The molecular weight excluding hydrogens is 280 g/mol. The summed E-state index contributed by atoms with van der Waals surface area (Å²) in [5, 5.41) is 0. The van der Waals surface area contributed by atoms with Crippen LogP contribution in [0.1, 0.15) is 30.8 Å². The normalized spacial score (nSPS) is 29.1. The Balaban J connectivity index is 1.62. The molecule has 1 aromatic rings. The fraction of sp³-hybridized carbons (Fsp3) is 0.706. The van der Waals surface area contributed by atoms with E-state index < -0.39 is 0 Å². The predicted molar refractivity (Wildman–Crippen MR) is 83.4 cm³/mol. The molecule has 0 bridgehead atoms. The van der Waals surface area contributed by atoms with E-state index in [1.807, 2.05) is 13.0 Å². The van der Waals surface area contributed by atoms with E-state index in [0.29, 0.717) is 6.61 Å². The molecule has 1 spiro atoms. The summed E-state index contributed by atoms with van der Waals surface area (Å²) in [7, 11) is 3.59. The second-order valence-corrected chi connectivity index (χ2v) is 7.06. The van der Waals surface area contributed by atoms with Gasteiger partial charge in [-0.15, -0.1) is 0 Å². The van der Waals surface area contributed by atoms with Gasteiger partial charge < -0.3 is 14.1 Å². The van der Waals surface area contributed by atoms with Crippen molar-refractivity contribution in [3.05, 3.63) is 23.7 Å². The van der Waals surface area contributed by atoms with Crippen LogP contribution in [0.4, 0.5) is 0 Å². The van der Waals surface area contributed by atoms with E-state index in [0.717, 1.165) is 50.4 Å². The Kier molecular flexibility index (Phi) is 4.28. The highest BCUT2D eigenvalue weighted by Crippen LogP contribution is 2.41. The van der Waals surface area contributed by atoms with E-state index in [2.05, 4.69) is 11.0 Å². The molecule has 2 unspecified atom stereocenters. The van der Waals surface area contributed by atoms with Crippen molar-refractivity contribution in [3.8, 4) is 0 Å². The molecule has 2 fully saturated rings. The van der Waals surface area contributed by atoms with Crippen LogP contribution in [0.2, 0.25) is 0 Å². The van der Waals surface area contributed by atoms with Gasteiger partial charge in [0.2, 0.25) is 0 Å². The first-order valence-electron chi connectivity index (χ1n) is 8.08. The van der Waals surface area contributed by atoms with Crippen LogP contribution in [0.5, 0.6) is 0 Å². The fourth-order valence-electron chi connectivity index (χ4n) is 3.76. The summed E-state index contributed by atoms with van der Waals surface area (Å²) >= 11 is 0. The second kappa shape index (κ2) is 6.05. The molecule has 2 aliphatic rings. The highest BCUT2D eigenvalue weighted by Gasteiger charge is 2.45. The molecule has 0 aliphatic carbocycles. The van der Waals surface area contributed by atoms with Crippen molar-refractivity contribution in [1.82, 2.24) is 9.80 Å². The Hall–Kier alpha value is -1.33. The molecule has 2 atom stereocenters. The number of aryl methyl sites for hydroxylation is 1. The maximum Gasteiger partial charge on any atom is 0.251 e. The highest BCUT2D eigenvalue weighted by atomic mass is 16.5. The molecule has 3 heterocycles. The monoisotopic (exact) mass is 306 g/mol. The predicted octanol–water partition coefficient (Wildman–Crippen LogP) is 2.05. The Morgan fingerprint density at radius 1 is 1.45 bits per heavy atom. The third kappa shape index (κ3) is 3.20. The number of carbonyl (C=O) groups excluding carboxylic acids is 1. The topological polar surface area (TPSA) is 45.9 Å². The average molecular weight is 306 g/mol. The number of carbonyl (C=O) groups is 1. The van der Waals surface area contributed by atoms with E-state index in [4.69, 9.17) is 9.15 Å². The van der Waals surface area contributed by atoms with E-state index in [-0.39, 0.29) is 17.4 Å². The molecule has 2 saturated heterocycles. The number of hydrogen-bond donors (Lipinski definition) is 0. The Labute approximate surface area is 132 Å². The smallest absolute Gasteiger partial charge is 0.251 e. The van der Waals surface area contributed by atoms with Gasteiger partial charge >= 0.3 is 0 Å². The van der Waals surface area contributed by atoms with Crippen LogP contribution in [0.15, 0.2) is 16.5 Å². The average Bonchev–Trinajstić information content (AvgIpc) is 3.05. The van der Waals surface area contributed by atoms with Gasteiger partial charge in [0, 0.05) is 26.1 Å². The minimum Gasteiger partial charge on any atom is -0.465 e. The molecule has 5 nitrogen and oxygen atoms in total. The minimum absolute atomic E-state index is 0.0932. The van der Waals surface area contributed by atoms with Gasteiger partial charge in [-0.25, -0.2) is 0 Å². The molecule has 5 heteroatoms. The van der Waals surface area contributed by atoms with Gasteiger partial charge in [0.25, 0.3) is 5.91 Å². The highest BCUT2D eigenvalue weighted by molar-refractivity contribution is 5.80. The van der Waals surface area contributed by atoms with Crippen LogP contribution in [0, 0.1) is 12.3 Å². The summed E-state index contributed by atoms with van der Waals surface area (Å²) in [6.07, 6.45) is 2.89. The Bertz CT molecular complexity index is 540.